The van der Waals surface area contributed by atoms with Crippen molar-refractivity contribution in [2.75, 3.05) is 39.4 Å². The fourth-order valence-corrected chi connectivity index (χ4v) is 1.95. The minimum atomic E-state index is -0.122. The molecular formula is C17H29N5O2. The lowest BCUT2D eigenvalue weighted by atomic mass is 10.3. The van der Waals surface area contributed by atoms with Gasteiger partial charge in [0.1, 0.15) is 0 Å². The van der Waals surface area contributed by atoms with Gasteiger partial charge in [-0.1, -0.05) is 0 Å². The topological polar surface area (TPSA) is 87.6 Å². The highest BCUT2D eigenvalue weighted by Gasteiger charge is 2.03. The molecule has 7 nitrogen and oxygen atoms in total. The van der Waals surface area contributed by atoms with Crippen LogP contribution in [0.5, 0.6) is 0 Å². The molecule has 0 fully saturated rings. The van der Waals surface area contributed by atoms with Gasteiger partial charge in [-0.25, -0.2) is 0 Å². The van der Waals surface area contributed by atoms with Gasteiger partial charge in [0.2, 0.25) is 0 Å². The molecule has 0 spiro atoms. The Morgan fingerprint density at radius 1 is 1.21 bits per heavy atom. The number of nitrogens with zero attached hydrogens (tertiary/aromatic N) is 2. The maximum absolute atomic E-state index is 11.9. The lowest BCUT2D eigenvalue weighted by molar-refractivity contribution is 0.0954. The number of aromatic nitrogens is 1. The van der Waals surface area contributed by atoms with Gasteiger partial charge in [0, 0.05) is 51.8 Å². The summed E-state index contributed by atoms with van der Waals surface area (Å²) < 4.78 is 5.30. The van der Waals surface area contributed by atoms with Gasteiger partial charge in [-0.3, -0.25) is 14.8 Å². The first-order chi connectivity index (χ1) is 11.8. The molecule has 1 rings (SSSR count). The Kier molecular flexibility index (Phi) is 11.0. The van der Waals surface area contributed by atoms with Crippen LogP contribution in [0, 0.1) is 0 Å². The average Bonchev–Trinajstić information content (AvgIpc) is 2.62. The highest BCUT2D eigenvalue weighted by Crippen LogP contribution is 1.94. The molecule has 24 heavy (non-hydrogen) atoms. The van der Waals surface area contributed by atoms with Gasteiger partial charge in [-0.2, -0.15) is 0 Å². The van der Waals surface area contributed by atoms with Gasteiger partial charge in [-0.05, 0) is 38.8 Å². The smallest absolute Gasteiger partial charge is 0.252 e. The Labute approximate surface area is 144 Å². The summed E-state index contributed by atoms with van der Waals surface area (Å²) in [5, 5.41) is 9.24. The zero-order valence-electron chi connectivity index (χ0n) is 14.7. The maximum atomic E-state index is 11.9. The van der Waals surface area contributed by atoms with Gasteiger partial charge in [-0.15, -0.1) is 0 Å². The monoisotopic (exact) mass is 335 g/mol. The molecule has 0 aromatic carbocycles. The minimum Gasteiger partial charge on any atom is -0.382 e. The molecule has 1 aromatic rings. The summed E-state index contributed by atoms with van der Waals surface area (Å²) in [6.07, 6.45) is 5.20. The van der Waals surface area contributed by atoms with Crippen molar-refractivity contribution in [2.45, 2.75) is 26.7 Å². The third kappa shape index (κ3) is 9.09. The summed E-state index contributed by atoms with van der Waals surface area (Å²) in [6, 6.07) is 3.48. The van der Waals surface area contributed by atoms with E-state index in [1.807, 2.05) is 13.8 Å². The molecule has 0 bridgehead atoms. The van der Waals surface area contributed by atoms with E-state index in [1.165, 1.54) is 0 Å². The summed E-state index contributed by atoms with van der Waals surface area (Å²) in [7, 11) is 0. The van der Waals surface area contributed by atoms with Crippen molar-refractivity contribution >= 4 is 11.9 Å². The quantitative estimate of drug-likeness (QED) is 0.321. The lowest BCUT2D eigenvalue weighted by Gasteiger charge is -2.12. The Balaban J connectivity index is 2.21. The van der Waals surface area contributed by atoms with E-state index in [4.69, 9.17) is 4.74 Å². The average molecular weight is 335 g/mol. The first-order valence-electron chi connectivity index (χ1n) is 8.56. The Hall–Kier alpha value is -2.15. The van der Waals surface area contributed by atoms with Crippen LogP contribution in [-0.2, 0) is 4.74 Å². The fourth-order valence-electron chi connectivity index (χ4n) is 1.95. The number of hydrogen-bond acceptors (Lipinski definition) is 4. The summed E-state index contributed by atoms with van der Waals surface area (Å²) in [5.74, 6) is 0.646. The second-order valence-corrected chi connectivity index (χ2v) is 5.09. The highest BCUT2D eigenvalue weighted by atomic mass is 16.5. The number of nitrogens with one attached hydrogen (secondary N) is 3. The first-order valence-corrected chi connectivity index (χ1v) is 8.56. The molecule has 0 aliphatic heterocycles. The number of guanidine groups is 1. The zero-order valence-corrected chi connectivity index (χ0v) is 14.7. The number of amides is 1. The van der Waals surface area contributed by atoms with Crippen molar-refractivity contribution in [2.24, 2.45) is 4.99 Å². The molecule has 0 unspecified atom stereocenters. The van der Waals surface area contributed by atoms with Crippen molar-refractivity contribution in [3.05, 3.63) is 30.1 Å². The van der Waals surface area contributed by atoms with Crippen LogP contribution in [0.1, 0.15) is 37.0 Å². The number of ether oxygens (including phenoxy) is 1. The second kappa shape index (κ2) is 13.3. The third-order valence-electron chi connectivity index (χ3n) is 3.14. The maximum Gasteiger partial charge on any atom is 0.252 e. The van der Waals surface area contributed by atoms with E-state index in [-0.39, 0.29) is 5.91 Å². The molecule has 0 saturated heterocycles. The minimum absolute atomic E-state index is 0.122. The van der Waals surface area contributed by atoms with Crippen LogP contribution < -0.4 is 16.0 Å². The number of rotatable bonds is 11. The van der Waals surface area contributed by atoms with E-state index >= 15 is 0 Å². The van der Waals surface area contributed by atoms with Crippen LogP contribution in [0.2, 0.25) is 0 Å². The first kappa shape index (κ1) is 19.9. The number of carbonyl (C=O) groups is 1. The van der Waals surface area contributed by atoms with E-state index in [0.29, 0.717) is 18.7 Å². The van der Waals surface area contributed by atoms with Gasteiger partial charge >= 0.3 is 0 Å². The number of pyridine rings is 1. The molecule has 1 heterocycles. The number of hydrogen-bond donors (Lipinski definition) is 3. The van der Waals surface area contributed by atoms with Crippen LogP contribution in [0.15, 0.2) is 29.5 Å². The zero-order chi connectivity index (χ0) is 17.5. The van der Waals surface area contributed by atoms with Gasteiger partial charge < -0.3 is 20.7 Å². The molecule has 0 aliphatic carbocycles. The molecule has 0 radical (unpaired) electrons. The van der Waals surface area contributed by atoms with E-state index in [0.717, 1.165) is 45.1 Å². The summed E-state index contributed by atoms with van der Waals surface area (Å²) in [4.78, 5) is 20.3. The molecular weight excluding hydrogens is 306 g/mol. The largest absolute Gasteiger partial charge is 0.382 e. The summed E-state index contributed by atoms with van der Waals surface area (Å²) >= 11 is 0. The SMILES string of the molecule is CCNC(=NCCCCOCC)NCCNC(=O)c1cccnc1. The van der Waals surface area contributed by atoms with Crippen molar-refractivity contribution in [3.63, 3.8) is 0 Å². The van der Waals surface area contributed by atoms with E-state index in [1.54, 1.807) is 24.5 Å². The normalized spacial score (nSPS) is 11.2. The van der Waals surface area contributed by atoms with E-state index in [9.17, 15) is 4.79 Å². The second-order valence-electron chi connectivity index (χ2n) is 5.09. The van der Waals surface area contributed by atoms with Crippen LogP contribution >= 0.6 is 0 Å². The van der Waals surface area contributed by atoms with E-state index < -0.39 is 0 Å². The molecule has 1 amide bonds. The molecule has 134 valence electrons. The van der Waals surface area contributed by atoms with Crippen LogP contribution in [0.25, 0.3) is 0 Å². The molecule has 0 atom stereocenters. The van der Waals surface area contributed by atoms with Crippen LogP contribution in [-0.4, -0.2) is 56.2 Å². The summed E-state index contributed by atoms with van der Waals surface area (Å²) in [6.45, 7) is 8.25. The summed E-state index contributed by atoms with van der Waals surface area (Å²) in [5.41, 5.74) is 0.562. The number of unbranched alkanes of at least 4 members (excludes halogenated alkanes) is 1. The molecule has 3 N–H and O–H groups in total. The fraction of sp³-hybridized carbons (Fsp3) is 0.588. The van der Waals surface area contributed by atoms with E-state index in [2.05, 4.69) is 25.9 Å². The van der Waals surface area contributed by atoms with Crippen molar-refractivity contribution in [3.8, 4) is 0 Å². The van der Waals surface area contributed by atoms with Gasteiger partial charge in [0.25, 0.3) is 5.91 Å². The molecule has 1 aromatic heterocycles. The van der Waals surface area contributed by atoms with Crippen molar-refractivity contribution in [1.29, 1.82) is 0 Å². The van der Waals surface area contributed by atoms with Crippen LogP contribution in [0.4, 0.5) is 0 Å². The van der Waals surface area contributed by atoms with Gasteiger partial charge in [0.05, 0.1) is 5.56 Å². The molecule has 0 saturated carbocycles. The predicted molar refractivity (Wildman–Crippen MR) is 96.3 cm³/mol. The molecule has 0 aliphatic rings. The number of carbonyl (C=O) groups excluding carboxylic acids is 1. The highest BCUT2D eigenvalue weighted by molar-refractivity contribution is 5.93. The Morgan fingerprint density at radius 2 is 2.04 bits per heavy atom. The Bertz CT molecular complexity index is 479. The van der Waals surface area contributed by atoms with Crippen molar-refractivity contribution < 1.29 is 9.53 Å². The third-order valence-corrected chi connectivity index (χ3v) is 3.14. The molecule has 7 heteroatoms. The predicted octanol–water partition coefficient (Wildman–Crippen LogP) is 1.18. The standard InChI is InChI=1S/C17H29N5O2/c1-3-19-17(21-10-5-6-13-24-4-2)22-12-11-20-16(23)15-8-7-9-18-14-15/h7-9,14H,3-6,10-13H2,1-2H3,(H,20,23)(H2,19,21,22). The Morgan fingerprint density at radius 3 is 2.75 bits per heavy atom. The van der Waals surface area contributed by atoms with Gasteiger partial charge in [0.15, 0.2) is 5.96 Å². The lowest BCUT2D eigenvalue weighted by Crippen LogP contribution is -2.41. The number of aliphatic imine (C=N–C) groups is 1. The van der Waals surface area contributed by atoms with Crippen molar-refractivity contribution in [1.82, 2.24) is 20.9 Å². The van der Waals surface area contributed by atoms with Crippen LogP contribution in [0.3, 0.4) is 0 Å².